The van der Waals surface area contributed by atoms with Crippen LogP contribution in [0.3, 0.4) is 0 Å². The summed E-state index contributed by atoms with van der Waals surface area (Å²) in [6.45, 7) is 1.94. The van der Waals surface area contributed by atoms with E-state index in [1.54, 1.807) is 6.07 Å². The molecular weight excluding hydrogens is 387 g/mol. The van der Waals surface area contributed by atoms with Crippen LogP contribution >= 0.6 is 11.8 Å². The van der Waals surface area contributed by atoms with Crippen LogP contribution in [-0.4, -0.2) is 11.8 Å². The number of anilines is 2. The van der Waals surface area contributed by atoms with Crippen molar-refractivity contribution < 1.29 is 14.0 Å². The fraction of sp³-hybridized carbons (Fsp3) is 0.0435. The minimum atomic E-state index is -0.630. The Morgan fingerprint density at radius 2 is 1.59 bits per heavy atom. The van der Waals surface area contributed by atoms with Gasteiger partial charge in [0.2, 0.25) is 0 Å². The normalized spacial score (nSPS) is 13.9. The summed E-state index contributed by atoms with van der Waals surface area (Å²) in [5, 5.41) is 3.08. The first-order valence-electron chi connectivity index (χ1n) is 8.99. The Labute approximate surface area is 172 Å². The molecule has 1 heterocycles. The first-order chi connectivity index (χ1) is 14.0. The summed E-state index contributed by atoms with van der Waals surface area (Å²) in [7, 11) is 0. The molecule has 0 fully saturated rings. The van der Waals surface area contributed by atoms with E-state index in [1.165, 1.54) is 30.0 Å². The van der Waals surface area contributed by atoms with E-state index in [4.69, 9.17) is 0 Å². The molecule has 0 unspecified atom stereocenters. The Morgan fingerprint density at radius 1 is 0.862 bits per heavy atom. The number of nitrogens with zero attached hydrogens (tertiary/aromatic N) is 1. The number of carbonyl (C=O) groups is 2. The average Bonchev–Trinajstić information content (AvgIpc) is 2.93. The van der Waals surface area contributed by atoms with Crippen molar-refractivity contribution in [3.05, 3.63) is 101 Å². The highest BCUT2D eigenvalue weighted by Gasteiger charge is 2.41. The largest absolute Gasteiger partial charge is 0.350 e. The number of halogens is 1. The zero-order valence-corrected chi connectivity index (χ0v) is 16.4. The first kappa shape index (κ1) is 19.0. The second kappa shape index (κ2) is 7.93. The standard InChI is InChI=1S/C23H17FN2O2S/c1-15-8-7-9-16(14-15)25-20-21(29-17-10-3-2-4-11-17)23(28)26(22(20)27)19-13-6-5-12-18(19)24/h2-14,25H,1H3. The van der Waals surface area contributed by atoms with Gasteiger partial charge < -0.3 is 5.32 Å². The Morgan fingerprint density at radius 3 is 2.31 bits per heavy atom. The number of amides is 2. The molecular formula is C23H17FN2O2S. The molecule has 6 heteroatoms. The number of hydrogen-bond acceptors (Lipinski definition) is 4. The molecule has 3 aromatic rings. The van der Waals surface area contributed by atoms with E-state index in [-0.39, 0.29) is 16.3 Å². The summed E-state index contributed by atoms with van der Waals surface area (Å²) >= 11 is 1.18. The Balaban J connectivity index is 1.77. The van der Waals surface area contributed by atoms with Gasteiger partial charge >= 0.3 is 0 Å². The highest BCUT2D eigenvalue weighted by Crippen LogP contribution is 2.38. The van der Waals surface area contributed by atoms with Crippen LogP contribution in [0.1, 0.15) is 5.56 Å². The van der Waals surface area contributed by atoms with E-state index < -0.39 is 17.6 Å². The summed E-state index contributed by atoms with van der Waals surface area (Å²) < 4.78 is 14.4. The van der Waals surface area contributed by atoms with Gasteiger partial charge in [0.05, 0.1) is 5.69 Å². The highest BCUT2D eigenvalue weighted by atomic mass is 32.2. The third-order valence-electron chi connectivity index (χ3n) is 4.39. The number of rotatable bonds is 5. The Kier molecular flexibility index (Phi) is 5.18. The van der Waals surface area contributed by atoms with E-state index in [2.05, 4.69) is 5.32 Å². The molecule has 29 heavy (non-hydrogen) atoms. The van der Waals surface area contributed by atoms with Crippen molar-refractivity contribution in [2.24, 2.45) is 0 Å². The predicted molar refractivity (Wildman–Crippen MR) is 113 cm³/mol. The molecule has 1 aliphatic heterocycles. The number of hydrogen-bond donors (Lipinski definition) is 1. The van der Waals surface area contributed by atoms with E-state index in [0.29, 0.717) is 5.69 Å². The molecule has 0 radical (unpaired) electrons. The van der Waals surface area contributed by atoms with Crippen molar-refractivity contribution in [3.63, 3.8) is 0 Å². The van der Waals surface area contributed by atoms with Crippen LogP contribution in [0.25, 0.3) is 0 Å². The second-order valence-electron chi connectivity index (χ2n) is 6.51. The molecule has 4 nitrogen and oxygen atoms in total. The Hall–Kier alpha value is -3.38. The average molecular weight is 404 g/mol. The third-order valence-corrected chi connectivity index (χ3v) is 5.48. The predicted octanol–water partition coefficient (Wildman–Crippen LogP) is 5.12. The van der Waals surface area contributed by atoms with Crippen molar-refractivity contribution in [3.8, 4) is 0 Å². The maximum Gasteiger partial charge on any atom is 0.283 e. The van der Waals surface area contributed by atoms with Gasteiger partial charge in [0, 0.05) is 10.6 Å². The lowest BCUT2D eigenvalue weighted by Crippen LogP contribution is -2.33. The number of benzene rings is 3. The molecule has 144 valence electrons. The molecule has 2 amide bonds. The molecule has 3 aromatic carbocycles. The number of aryl methyl sites for hydroxylation is 1. The maximum absolute atomic E-state index is 14.4. The van der Waals surface area contributed by atoms with Crippen LogP contribution in [0.5, 0.6) is 0 Å². The highest BCUT2D eigenvalue weighted by molar-refractivity contribution is 8.04. The minimum Gasteiger partial charge on any atom is -0.350 e. The summed E-state index contributed by atoms with van der Waals surface area (Å²) in [6, 6.07) is 22.5. The number of carbonyl (C=O) groups excluding carboxylic acids is 2. The molecule has 0 aromatic heterocycles. The number of para-hydroxylation sites is 1. The summed E-state index contributed by atoms with van der Waals surface area (Å²) in [4.78, 5) is 28.2. The fourth-order valence-corrected chi connectivity index (χ4v) is 3.99. The van der Waals surface area contributed by atoms with Crippen molar-refractivity contribution in [1.29, 1.82) is 0 Å². The quantitative estimate of drug-likeness (QED) is 0.600. The van der Waals surface area contributed by atoms with Crippen LogP contribution < -0.4 is 10.2 Å². The van der Waals surface area contributed by atoms with Crippen LogP contribution in [0.4, 0.5) is 15.8 Å². The van der Waals surface area contributed by atoms with Crippen LogP contribution in [0, 0.1) is 12.7 Å². The van der Waals surface area contributed by atoms with Gasteiger partial charge in [-0.3, -0.25) is 9.59 Å². The molecule has 1 aliphatic rings. The zero-order chi connectivity index (χ0) is 20.4. The van der Waals surface area contributed by atoms with Crippen LogP contribution in [0.2, 0.25) is 0 Å². The summed E-state index contributed by atoms with van der Waals surface area (Å²) in [5.74, 6) is -1.76. The van der Waals surface area contributed by atoms with Gasteiger partial charge in [-0.1, -0.05) is 54.2 Å². The lowest BCUT2D eigenvalue weighted by atomic mass is 10.2. The van der Waals surface area contributed by atoms with E-state index in [0.717, 1.165) is 15.4 Å². The Bertz CT molecular complexity index is 1130. The molecule has 0 saturated carbocycles. The van der Waals surface area contributed by atoms with Gasteiger partial charge in [0.25, 0.3) is 11.8 Å². The SMILES string of the molecule is Cc1cccc(NC2=C(Sc3ccccc3)C(=O)N(c3ccccc3F)C2=O)c1. The maximum atomic E-state index is 14.4. The molecule has 0 aliphatic carbocycles. The molecule has 1 N–H and O–H groups in total. The summed E-state index contributed by atoms with van der Waals surface area (Å²) in [6.07, 6.45) is 0. The number of imide groups is 1. The molecule has 0 bridgehead atoms. The lowest BCUT2D eigenvalue weighted by Gasteiger charge is -2.16. The topological polar surface area (TPSA) is 49.4 Å². The molecule has 0 atom stereocenters. The van der Waals surface area contributed by atoms with Crippen molar-refractivity contribution in [2.45, 2.75) is 11.8 Å². The lowest BCUT2D eigenvalue weighted by molar-refractivity contribution is -0.120. The van der Waals surface area contributed by atoms with Crippen LogP contribution in [0.15, 0.2) is 94.4 Å². The summed E-state index contributed by atoms with van der Waals surface area (Å²) in [5.41, 5.74) is 1.77. The monoisotopic (exact) mass is 404 g/mol. The minimum absolute atomic E-state index is 0.0605. The molecule has 4 rings (SSSR count). The third kappa shape index (κ3) is 3.79. The second-order valence-corrected chi connectivity index (χ2v) is 7.59. The zero-order valence-electron chi connectivity index (χ0n) is 15.6. The first-order valence-corrected chi connectivity index (χ1v) is 9.80. The number of nitrogens with one attached hydrogen (secondary N) is 1. The van der Waals surface area contributed by atoms with E-state index >= 15 is 0 Å². The van der Waals surface area contributed by atoms with Gasteiger partial charge in [0.1, 0.15) is 16.4 Å². The van der Waals surface area contributed by atoms with Gasteiger partial charge in [-0.2, -0.15) is 0 Å². The smallest absolute Gasteiger partial charge is 0.283 e. The van der Waals surface area contributed by atoms with Gasteiger partial charge in [-0.25, -0.2) is 9.29 Å². The van der Waals surface area contributed by atoms with Gasteiger partial charge in [-0.15, -0.1) is 0 Å². The van der Waals surface area contributed by atoms with Crippen LogP contribution in [-0.2, 0) is 9.59 Å². The van der Waals surface area contributed by atoms with E-state index in [9.17, 15) is 14.0 Å². The molecule has 0 spiro atoms. The fourth-order valence-electron chi connectivity index (χ4n) is 3.04. The van der Waals surface area contributed by atoms with Gasteiger partial charge in [0.15, 0.2) is 0 Å². The van der Waals surface area contributed by atoms with E-state index in [1.807, 2.05) is 61.5 Å². The van der Waals surface area contributed by atoms with Crippen molar-refractivity contribution in [2.75, 3.05) is 10.2 Å². The van der Waals surface area contributed by atoms with Crippen molar-refractivity contribution in [1.82, 2.24) is 0 Å². The van der Waals surface area contributed by atoms with Crippen molar-refractivity contribution >= 4 is 35.0 Å². The molecule has 0 saturated heterocycles. The number of thioether (sulfide) groups is 1. The van der Waals surface area contributed by atoms with Gasteiger partial charge in [-0.05, 0) is 48.9 Å².